The summed E-state index contributed by atoms with van der Waals surface area (Å²) < 4.78 is 31.7. The first-order valence-electron chi connectivity index (χ1n) is 6.69. The Morgan fingerprint density at radius 3 is 1.75 bits per heavy atom. The second kappa shape index (κ2) is 11.5. The molecule has 20 heavy (non-hydrogen) atoms. The van der Waals surface area contributed by atoms with E-state index in [1.54, 1.807) is 0 Å². The van der Waals surface area contributed by atoms with Gasteiger partial charge in [0.2, 0.25) is 0 Å². The maximum absolute atomic E-state index is 10.8. The van der Waals surface area contributed by atoms with Crippen LogP contribution < -0.4 is 0 Å². The van der Waals surface area contributed by atoms with Crippen LogP contribution in [0.25, 0.3) is 0 Å². The first-order chi connectivity index (χ1) is 9.16. The van der Waals surface area contributed by atoms with Crippen LogP contribution in [0.5, 0.6) is 0 Å². The van der Waals surface area contributed by atoms with E-state index < -0.39 is 18.1 Å². The Labute approximate surface area is 117 Å². The number of carboxylic acid groups (broad SMARTS) is 2. The fourth-order valence-electron chi connectivity index (χ4n) is 1.56. The molecule has 0 aromatic carbocycles. The van der Waals surface area contributed by atoms with Gasteiger partial charge in [0.15, 0.2) is 0 Å². The number of carbonyl (C=O) groups is 2. The zero-order chi connectivity index (χ0) is 16.2. The number of halogens is 3. The largest absolute Gasteiger partial charge is 0.490 e. The van der Waals surface area contributed by atoms with E-state index in [2.05, 4.69) is 6.92 Å². The van der Waals surface area contributed by atoms with Crippen molar-refractivity contribution >= 4 is 11.9 Å². The number of hydrogen-bond acceptors (Lipinski definition) is 2. The van der Waals surface area contributed by atoms with Crippen LogP contribution in [0.4, 0.5) is 13.2 Å². The van der Waals surface area contributed by atoms with Crippen LogP contribution in [0.3, 0.4) is 0 Å². The number of alkyl halides is 3. The van der Waals surface area contributed by atoms with Gasteiger partial charge in [-0.1, -0.05) is 46.0 Å². The van der Waals surface area contributed by atoms with Gasteiger partial charge in [0.05, 0.1) is 5.92 Å². The van der Waals surface area contributed by atoms with Crippen LogP contribution in [0.15, 0.2) is 0 Å². The monoisotopic (exact) mass is 300 g/mol. The molecule has 0 amide bonds. The number of unbranched alkanes of at least 4 members (excludes halogenated alkanes) is 3. The molecule has 0 aliphatic heterocycles. The molecule has 0 spiro atoms. The van der Waals surface area contributed by atoms with Crippen molar-refractivity contribution in [3.63, 3.8) is 0 Å². The minimum atomic E-state index is -5.08. The zero-order valence-corrected chi connectivity index (χ0v) is 11.9. The molecule has 0 rings (SSSR count). The minimum absolute atomic E-state index is 0.0955. The van der Waals surface area contributed by atoms with Crippen LogP contribution in [-0.2, 0) is 9.59 Å². The molecule has 120 valence electrons. The average molecular weight is 300 g/mol. The van der Waals surface area contributed by atoms with Gasteiger partial charge in [-0.25, -0.2) is 4.79 Å². The molecule has 0 bridgehead atoms. The summed E-state index contributed by atoms with van der Waals surface area (Å²) in [5, 5.41) is 16.0. The lowest BCUT2D eigenvalue weighted by Gasteiger charge is -2.09. The third-order valence-corrected chi connectivity index (χ3v) is 2.64. The SMILES string of the molecule is CCCCCCC(CCC)C(=O)O.O=C(O)C(F)(F)F. The number of rotatable bonds is 8. The highest BCUT2D eigenvalue weighted by atomic mass is 19.4. The second-order valence-corrected chi connectivity index (χ2v) is 4.48. The molecule has 0 saturated carbocycles. The molecule has 0 fully saturated rings. The predicted molar refractivity (Wildman–Crippen MR) is 68.5 cm³/mol. The third-order valence-electron chi connectivity index (χ3n) is 2.64. The highest BCUT2D eigenvalue weighted by Crippen LogP contribution is 2.16. The topological polar surface area (TPSA) is 74.6 Å². The number of carboxylic acids is 2. The van der Waals surface area contributed by atoms with Crippen molar-refractivity contribution in [3.05, 3.63) is 0 Å². The highest BCUT2D eigenvalue weighted by Gasteiger charge is 2.38. The van der Waals surface area contributed by atoms with E-state index in [0.29, 0.717) is 0 Å². The van der Waals surface area contributed by atoms with Gasteiger partial charge >= 0.3 is 18.1 Å². The molecule has 1 unspecified atom stereocenters. The third kappa shape index (κ3) is 13.2. The predicted octanol–water partition coefficient (Wildman–Crippen LogP) is 4.09. The van der Waals surface area contributed by atoms with Gasteiger partial charge < -0.3 is 10.2 Å². The van der Waals surface area contributed by atoms with E-state index in [1.807, 2.05) is 6.92 Å². The maximum Gasteiger partial charge on any atom is 0.490 e. The minimum Gasteiger partial charge on any atom is -0.481 e. The van der Waals surface area contributed by atoms with Gasteiger partial charge in [0, 0.05) is 0 Å². The quantitative estimate of drug-likeness (QED) is 0.662. The lowest BCUT2D eigenvalue weighted by molar-refractivity contribution is -0.192. The van der Waals surface area contributed by atoms with Crippen LogP contribution in [0, 0.1) is 5.92 Å². The summed E-state index contributed by atoms with van der Waals surface area (Å²) >= 11 is 0. The number of hydrogen-bond donors (Lipinski definition) is 2. The summed E-state index contributed by atoms with van der Waals surface area (Å²) in [6.45, 7) is 4.21. The maximum atomic E-state index is 10.8. The lowest BCUT2D eigenvalue weighted by atomic mass is 9.96. The van der Waals surface area contributed by atoms with Gasteiger partial charge in [-0.3, -0.25) is 4.79 Å². The normalized spacial score (nSPS) is 12.2. The molecule has 0 saturated heterocycles. The van der Waals surface area contributed by atoms with Gasteiger partial charge in [-0.2, -0.15) is 13.2 Å². The summed E-state index contributed by atoms with van der Waals surface area (Å²) in [6.07, 6.45) is 2.30. The van der Waals surface area contributed by atoms with Crippen molar-refractivity contribution in [2.45, 2.75) is 65.0 Å². The van der Waals surface area contributed by atoms with Gasteiger partial charge in [-0.15, -0.1) is 0 Å². The smallest absolute Gasteiger partial charge is 0.481 e. The first kappa shape index (κ1) is 21.0. The summed E-state index contributed by atoms with van der Waals surface area (Å²) in [7, 11) is 0. The summed E-state index contributed by atoms with van der Waals surface area (Å²) in [4.78, 5) is 19.6. The fourth-order valence-corrected chi connectivity index (χ4v) is 1.56. The number of aliphatic carboxylic acids is 2. The molecule has 0 aromatic rings. The van der Waals surface area contributed by atoms with E-state index in [1.165, 1.54) is 19.3 Å². The molecule has 0 radical (unpaired) electrons. The fraction of sp³-hybridized carbons (Fsp3) is 0.846. The Bertz CT molecular complexity index is 277. The zero-order valence-electron chi connectivity index (χ0n) is 11.9. The van der Waals surface area contributed by atoms with Crippen molar-refractivity contribution < 1.29 is 33.0 Å². The van der Waals surface area contributed by atoms with Crippen molar-refractivity contribution in [1.29, 1.82) is 0 Å². The molecule has 1 atom stereocenters. The van der Waals surface area contributed by atoms with Crippen LogP contribution >= 0.6 is 0 Å². The Morgan fingerprint density at radius 1 is 0.950 bits per heavy atom. The summed E-state index contributed by atoms with van der Waals surface area (Å²) in [6, 6.07) is 0. The van der Waals surface area contributed by atoms with E-state index in [9.17, 15) is 18.0 Å². The van der Waals surface area contributed by atoms with Gasteiger partial charge in [0.1, 0.15) is 0 Å². The molecule has 0 aliphatic carbocycles. The Balaban J connectivity index is 0. The van der Waals surface area contributed by atoms with Crippen molar-refractivity contribution in [2.24, 2.45) is 5.92 Å². The molecular weight excluding hydrogens is 277 g/mol. The molecule has 7 heteroatoms. The Morgan fingerprint density at radius 2 is 1.45 bits per heavy atom. The van der Waals surface area contributed by atoms with Gasteiger partial charge in [-0.05, 0) is 12.8 Å². The second-order valence-electron chi connectivity index (χ2n) is 4.48. The summed E-state index contributed by atoms with van der Waals surface area (Å²) in [5.74, 6) is -3.47. The van der Waals surface area contributed by atoms with E-state index >= 15 is 0 Å². The van der Waals surface area contributed by atoms with E-state index in [4.69, 9.17) is 15.0 Å². The van der Waals surface area contributed by atoms with Crippen molar-refractivity contribution in [1.82, 2.24) is 0 Å². The first-order valence-corrected chi connectivity index (χ1v) is 6.69. The average Bonchev–Trinajstić information content (AvgIpc) is 2.32. The Hall–Kier alpha value is -1.27. The van der Waals surface area contributed by atoms with Crippen LogP contribution in [0.2, 0.25) is 0 Å². The lowest BCUT2D eigenvalue weighted by Crippen LogP contribution is -2.21. The molecule has 0 heterocycles. The Kier molecular flexibility index (Phi) is 12.1. The van der Waals surface area contributed by atoms with Crippen molar-refractivity contribution in [2.75, 3.05) is 0 Å². The molecular formula is C13H23F3O4. The molecule has 4 nitrogen and oxygen atoms in total. The van der Waals surface area contributed by atoms with Crippen LogP contribution in [0.1, 0.15) is 58.8 Å². The van der Waals surface area contributed by atoms with E-state index in [-0.39, 0.29) is 5.92 Å². The molecule has 0 aliphatic rings. The van der Waals surface area contributed by atoms with E-state index in [0.717, 1.165) is 25.7 Å². The van der Waals surface area contributed by atoms with Crippen molar-refractivity contribution in [3.8, 4) is 0 Å². The molecule has 0 aromatic heterocycles. The van der Waals surface area contributed by atoms with Gasteiger partial charge in [0.25, 0.3) is 0 Å². The highest BCUT2D eigenvalue weighted by molar-refractivity contribution is 5.73. The summed E-state index contributed by atoms with van der Waals surface area (Å²) in [5.41, 5.74) is 0. The standard InChI is InChI=1S/C11H22O2.C2HF3O2/c1-3-5-6-7-9-10(8-4-2)11(12)13;3-2(4,5)1(6)7/h10H,3-9H2,1-2H3,(H,12,13);(H,6,7). The molecule has 2 N–H and O–H groups in total. The van der Waals surface area contributed by atoms with Crippen LogP contribution in [-0.4, -0.2) is 28.3 Å².